The summed E-state index contributed by atoms with van der Waals surface area (Å²) < 4.78 is 64.4. The number of nitrogens with zero attached hydrogens (tertiary/aromatic N) is 2. The zero-order valence-corrected chi connectivity index (χ0v) is 16.8. The summed E-state index contributed by atoms with van der Waals surface area (Å²) in [6, 6.07) is 21.9. The van der Waals surface area contributed by atoms with Crippen molar-refractivity contribution in [2.24, 2.45) is 9.98 Å². The first-order valence-corrected chi connectivity index (χ1v) is 9.33. The van der Waals surface area contributed by atoms with Crippen molar-refractivity contribution < 1.29 is 26.3 Å². The normalized spacial score (nSPS) is 10.4. The highest BCUT2D eigenvalue weighted by molar-refractivity contribution is 9.09. The number of para-hydroxylation sites is 2. The van der Waals surface area contributed by atoms with Gasteiger partial charge in [0.05, 0.1) is 22.0 Å². The van der Waals surface area contributed by atoms with Crippen LogP contribution in [0.1, 0.15) is 0 Å². The lowest BCUT2D eigenvalue weighted by Gasteiger charge is -1.95. The van der Waals surface area contributed by atoms with E-state index < -0.39 is 23.0 Å². The van der Waals surface area contributed by atoms with E-state index in [2.05, 4.69) is 47.9 Å². The molecule has 0 heterocycles. The molecule has 2 nitrogen and oxygen atoms in total. The Labute approximate surface area is 169 Å². The summed E-state index contributed by atoms with van der Waals surface area (Å²) in [6.45, 7) is 0. The Bertz CT molecular complexity index is 625. The number of hydrogen-bond acceptors (Lipinski definition) is 2. The molecule has 0 radical (unpaired) electrons. The first kappa shape index (κ1) is 25.4. The molecule has 2 aromatic carbocycles. The molecule has 0 saturated carbocycles. The van der Waals surface area contributed by atoms with Crippen LogP contribution in [-0.4, -0.2) is 29.0 Å². The predicted molar refractivity (Wildman–Crippen MR) is 102 cm³/mol. The molecule has 10 heteroatoms. The van der Waals surface area contributed by atoms with E-state index in [-0.39, 0.29) is 0 Å². The Morgan fingerprint density at radius 2 is 0.889 bits per heavy atom. The first-order chi connectivity index (χ1) is 12.6. The van der Waals surface area contributed by atoms with Crippen LogP contribution >= 0.6 is 31.9 Å². The number of aliphatic imine (C=N–C) groups is 2. The van der Waals surface area contributed by atoms with Gasteiger partial charge < -0.3 is 0 Å². The highest BCUT2D eigenvalue weighted by atomic mass is 79.9. The maximum absolute atomic E-state index is 10.7. The second-order valence-electron chi connectivity index (χ2n) is 4.49. The van der Waals surface area contributed by atoms with Crippen LogP contribution in [0.5, 0.6) is 0 Å². The van der Waals surface area contributed by atoms with Gasteiger partial charge in [-0.25, -0.2) is 0 Å². The van der Waals surface area contributed by atoms with Gasteiger partial charge in [-0.05, 0) is 24.3 Å². The van der Waals surface area contributed by atoms with Gasteiger partial charge in [0.25, 0.3) is 0 Å². The van der Waals surface area contributed by atoms with Gasteiger partial charge in [0.2, 0.25) is 0 Å². The summed E-state index contributed by atoms with van der Waals surface area (Å²) in [5.41, 5.74) is 1.72. The first-order valence-electron chi connectivity index (χ1n) is 7.09. The van der Waals surface area contributed by atoms with Gasteiger partial charge in [0, 0.05) is 0 Å². The summed E-state index contributed by atoms with van der Waals surface area (Å²) in [5.74, 6) is 0. The minimum Gasteiger partial charge on any atom is -0.188 e. The third-order valence-corrected chi connectivity index (χ3v) is 3.45. The van der Waals surface area contributed by atoms with Crippen molar-refractivity contribution in [1.82, 2.24) is 0 Å². The molecule has 2 aromatic rings. The molecule has 0 aliphatic carbocycles. The third kappa shape index (κ3) is 17.5. The van der Waals surface area contributed by atoms with Crippen molar-refractivity contribution in [3.63, 3.8) is 0 Å². The van der Waals surface area contributed by atoms with Crippen LogP contribution < -0.4 is 0 Å². The second-order valence-corrected chi connectivity index (χ2v) is 5.61. The summed E-state index contributed by atoms with van der Waals surface area (Å²) >= 11 is 4.49. The minimum absolute atomic E-state index is 0.859. The molecule has 0 spiro atoms. The lowest BCUT2D eigenvalue weighted by Crippen LogP contribution is -2.07. The SMILES string of the molecule is C(=Nc1ccccc1)=Nc1ccccc1.FC(F)(F)CBr.FC(F)(F)CBr. The zero-order valence-electron chi connectivity index (χ0n) is 13.6. The summed E-state index contributed by atoms with van der Waals surface area (Å²) in [5, 5.41) is -1.83. The van der Waals surface area contributed by atoms with E-state index in [1.165, 1.54) is 0 Å². The average molecular weight is 520 g/mol. The van der Waals surface area contributed by atoms with E-state index in [9.17, 15) is 26.3 Å². The summed E-state index contributed by atoms with van der Waals surface area (Å²) in [7, 11) is 0. The number of alkyl halides is 8. The molecule has 0 fully saturated rings. The topological polar surface area (TPSA) is 24.7 Å². The Kier molecular flexibility index (Phi) is 12.7. The number of halogens is 8. The van der Waals surface area contributed by atoms with E-state index in [1.807, 2.05) is 60.7 Å². The molecule has 148 valence electrons. The Balaban J connectivity index is 0.000000470. The molecule has 2 rings (SSSR count). The molecule has 0 amide bonds. The highest BCUT2D eigenvalue weighted by Crippen LogP contribution is 2.16. The fourth-order valence-electron chi connectivity index (χ4n) is 1.15. The lowest BCUT2D eigenvalue weighted by atomic mass is 10.3. The number of benzene rings is 2. The molecule has 0 aliphatic heterocycles. The van der Waals surface area contributed by atoms with E-state index in [0.717, 1.165) is 11.4 Å². The molecule has 0 aliphatic rings. The van der Waals surface area contributed by atoms with E-state index in [4.69, 9.17) is 0 Å². The molecular formula is C17H14Br2F6N2. The van der Waals surface area contributed by atoms with Gasteiger partial charge in [-0.1, -0.05) is 68.3 Å². The monoisotopic (exact) mass is 518 g/mol. The van der Waals surface area contributed by atoms with Gasteiger partial charge in [-0.2, -0.15) is 36.3 Å². The predicted octanol–water partition coefficient (Wildman–Crippen LogP) is 7.71. The van der Waals surface area contributed by atoms with Gasteiger partial charge in [-0.15, -0.1) is 0 Å². The maximum Gasteiger partial charge on any atom is 0.398 e. The molecular weight excluding hydrogens is 506 g/mol. The van der Waals surface area contributed by atoms with Crippen molar-refractivity contribution >= 4 is 49.2 Å². The van der Waals surface area contributed by atoms with Crippen molar-refractivity contribution in [1.29, 1.82) is 0 Å². The van der Waals surface area contributed by atoms with E-state index in [0.29, 0.717) is 0 Å². The largest absolute Gasteiger partial charge is 0.398 e. The average Bonchev–Trinajstić information content (AvgIpc) is 2.63. The third-order valence-electron chi connectivity index (χ3n) is 2.17. The van der Waals surface area contributed by atoms with Crippen molar-refractivity contribution in [2.45, 2.75) is 12.4 Å². The summed E-state index contributed by atoms with van der Waals surface area (Å²) in [6.07, 6.45) is -8.08. The van der Waals surface area contributed by atoms with Crippen molar-refractivity contribution in [3.8, 4) is 0 Å². The van der Waals surface area contributed by atoms with Crippen LogP contribution in [0, 0.1) is 0 Å². The van der Waals surface area contributed by atoms with Crippen LogP contribution in [0.3, 0.4) is 0 Å². The number of hydrogen-bond donors (Lipinski definition) is 0. The van der Waals surface area contributed by atoms with Crippen LogP contribution in [0.15, 0.2) is 70.6 Å². The molecule has 0 bridgehead atoms. The lowest BCUT2D eigenvalue weighted by molar-refractivity contribution is -0.105. The zero-order chi connectivity index (χ0) is 20.8. The molecule has 0 saturated heterocycles. The van der Waals surface area contributed by atoms with Crippen LogP contribution in [0.4, 0.5) is 37.7 Å². The van der Waals surface area contributed by atoms with Crippen molar-refractivity contribution in [3.05, 3.63) is 60.7 Å². The Morgan fingerprint density at radius 3 is 1.11 bits per heavy atom. The fraction of sp³-hybridized carbons (Fsp3) is 0.235. The number of rotatable bonds is 2. The van der Waals surface area contributed by atoms with Crippen molar-refractivity contribution in [2.75, 3.05) is 10.7 Å². The highest BCUT2D eigenvalue weighted by Gasteiger charge is 2.24. The van der Waals surface area contributed by atoms with Crippen LogP contribution in [0.2, 0.25) is 0 Å². The minimum atomic E-state index is -4.04. The fourth-order valence-corrected chi connectivity index (χ4v) is 1.15. The smallest absolute Gasteiger partial charge is 0.188 e. The molecule has 0 unspecified atom stereocenters. The van der Waals surface area contributed by atoms with Gasteiger partial charge in [0.15, 0.2) is 0 Å². The van der Waals surface area contributed by atoms with Crippen LogP contribution in [0.25, 0.3) is 0 Å². The van der Waals surface area contributed by atoms with E-state index in [1.54, 1.807) is 0 Å². The molecule has 0 aromatic heterocycles. The quantitative estimate of drug-likeness (QED) is 0.220. The summed E-state index contributed by atoms with van der Waals surface area (Å²) in [4.78, 5) is 8.17. The van der Waals surface area contributed by atoms with Gasteiger partial charge in [0.1, 0.15) is 6.01 Å². The standard InChI is InChI=1S/C13H10N2.2C2H2BrF3/c1-3-7-12(8-4-1)14-11-15-13-9-5-2-6-10-13;2*3-1-2(4,5)6/h1-10H;2*1H2. The van der Waals surface area contributed by atoms with E-state index >= 15 is 0 Å². The van der Waals surface area contributed by atoms with Gasteiger partial charge >= 0.3 is 12.4 Å². The van der Waals surface area contributed by atoms with Gasteiger partial charge in [-0.3, -0.25) is 0 Å². The second kappa shape index (κ2) is 13.5. The maximum atomic E-state index is 10.7. The molecule has 0 atom stereocenters. The Hall–Kier alpha value is -1.64. The molecule has 0 N–H and O–H groups in total. The van der Waals surface area contributed by atoms with Crippen LogP contribution in [-0.2, 0) is 0 Å². The molecule has 27 heavy (non-hydrogen) atoms. The Morgan fingerprint density at radius 1 is 0.630 bits per heavy atom.